The number of hydrogen-bond acceptors (Lipinski definition) is 4. The molecule has 142 valence electrons. The highest BCUT2D eigenvalue weighted by atomic mass is 16.3. The van der Waals surface area contributed by atoms with E-state index in [1.807, 2.05) is 6.92 Å². The van der Waals surface area contributed by atoms with E-state index < -0.39 is 6.10 Å². The minimum absolute atomic E-state index is 0.0118. The zero-order valence-electron chi connectivity index (χ0n) is 15.6. The number of fused-ring (bicyclic) bond motifs is 1. The molecule has 2 aliphatic rings. The molecule has 2 aromatic rings. The van der Waals surface area contributed by atoms with Gasteiger partial charge in [-0.15, -0.1) is 0 Å². The van der Waals surface area contributed by atoms with Crippen LogP contribution in [-0.2, 0) is 6.54 Å². The molecule has 2 aliphatic carbocycles. The lowest BCUT2D eigenvalue weighted by Gasteiger charge is -2.20. The number of hydrogen-bond donors (Lipinski definition) is 1. The number of imidazole rings is 1. The van der Waals surface area contributed by atoms with E-state index in [2.05, 4.69) is 4.98 Å². The fourth-order valence-corrected chi connectivity index (χ4v) is 4.80. The van der Waals surface area contributed by atoms with Gasteiger partial charge in [-0.1, -0.05) is 25.7 Å². The van der Waals surface area contributed by atoms with E-state index >= 15 is 0 Å². The number of rotatable bonds is 4. The standard InChI is InChI=1S/C19H28N4O3/c1-12(24)11-21-13(2)20-17-16(21)18(25)23(15-9-5-6-10-15)19(26)22(17)14-7-3-4-8-14/h12,14-15,24H,3-11H2,1-2H3. The van der Waals surface area contributed by atoms with E-state index in [0.717, 1.165) is 51.4 Å². The summed E-state index contributed by atoms with van der Waals surface area (Å²) in [4.78, 5) is 31.3. The van der Waals surface area contributed by atoms with Crippen molar-refractivity contribution in [3.05, 3.63) is 26.7 Å². The van der Waals surface area contributed by atoms with E-state index in [4.69, 9.17) is 0 Å². The quantitative estimate of drug-likeness (QED) is 0.907. The second kappa shape index (κ2) is 6.68. The lowest BCUT2D eigenvalue weighted by Crippen LogP contribution is -2.43. The maximum Gasteiger partial charge on any atom is 0.333 e. The van der Waals surface area contributed by atoms with Gasteiger partial charge in [-0.25, -0.2) is 9.78 Å². The molecule has 0 amide bonds. The molecule has 1 atom stereocenters. The van der Waals surface area contributed by atoms with Gasteiger partial charge in [-0.05, 0) is 39.5 Å². The SMILES string of the molecule is Cc1nc2c(c(=O)n(C3CCCC3)c(=O)n2C2CCCC2)n1CC(C)O. The summed E-state index contributed by atoms with van der Waals surface area (Å²) < 4.78 is 5.07. The minimum Gasteiger partial charge on any atom is -0.392 e. The number of nitrogens with zero attached hydrogens (tertiary/aromatic N) is 4. The van der Waals surface area contributed by atoms with Crippen LogP contribution < -0.4 is 11.2 Å². The van der Waals surface area contributed by atoms with Crippen molar-refractivity contribution in [1.82, 2.24) is 18.7 Å². The predicted octanol–water partition coefficient (Wildman–Crippen LogP) is 2.28. The predicted molar refractivity (Wildman–Crippen MR) is 99.7 cm³/mol. The first-order valence-corrected chi connectivity index (χ1v) is 9.91. The van der Waals surface area contributed by atoms with Gasteiger partial charge in [-0.2, -0.15) is 0 Å². The van der Waals surface area contributed by atoms with E-state index in [1.54, 1.807) is 16.1 Å². The molecule has 2 saturated carbocycles. The molecule has 4 rings (SSSR count). The van der Waals surface area contributed by atoms with Crippen LogP contribution in [0.3, 0.4) is 0 Å². The molecular formula is C19H28N4O3. The largest absolute Gasteiger partial charge is 0.392 e. The molecule has 1 unspecified atom stereocenters. The Labute approximate surface area is 152 Å². The molecule has 0 bridgehead atoms. The van der Waals surface area contributed by atoms with Crippen LogP contribution in [0.15, 0.2) is 9.59 Å². The molecule has 2 aromatic heterocycles. The molecule has 7 heteroatoms. The summed E-state index contributed by atoms with van der Waals surface area (Å²) in [5, 5.41) is 9.89. The first-order valence-electron chi connectivity index (χ1n) is 9.91. The van der Waals surface area contributed by atoms with Gasteiger partial charge in [-0.3, -0.25) is 13.9 Å². The maximum absolute atomic E-state index is 13.3. The van der Waals surface area contributed by atoms with Crippen molar-refractivity contribution >= 4 is 11.2 Å². The molecule has 1 N–H and O–H groups in total. The Balaban J connectivity index is 2.04. The van der Waals surface area contributed by atoms with E-state index in [9.17, 15) is 14.7 Å². The van der Waals surface area contributed by atoms with Gasteiger partial charge in [0.1, 0.15) is 5.82 Å². The Hall–Kier alpha value is -1.89. The van der Waals surface area contributed by atoms with E-state index in [1.165, 1.54) is 4.57 Å². The summed E-state index contributed by atoms with van der Waals surface area (Å²) in [5.74, 6) is 0.674. The summed E-state index contributed by atoms with van der Waals surface area (Å²) >= 11 is 0. The van der Waals surface area contributed by atoms with Crippen LogP contribution in [0.2, 0.25) is 0 Å². The third-order valence-corrected chi connectivity index (χ3v) is 6.03. The topological polar surface area (TPSA) is 82.0 Å². The van der Waals surface area contributed by atoms with Crippen LogP contribution in [0, 0.1) is 6.92 Å². The fourth-order valence-electron chi connectivity index (χ4n) is 4.80. The monoisotopic (exact) mass is 360 g/mol. The number of aliphatic hydroxyl groups is 1. The molecule has 7 nitrogen and oxygen atoms in total. The molecule has 0 spiro atoms. The highest BCUT2D eigenvalue weighted by molar-refractivity contribution is 5.71. The lowest BCUT2D eigenvalue weighted by molar-refractivity contribution is 0.174. The maximum atomic E-state index is 13.3. The van der Waals surface area contributed by atoms with E-state index in [-0.39, 0.29) is 23.3 Å². The van der Waals surface area contributed by atoms with Gasteiger partial charge in [0.05, 0.1) is 12.6 Å². The van der Waals surface area contributed by atoms with Crippen LogP contribution in [0.4, 0.5) is 0 Å². The highest BCUT2D eigenvalue weighted by Crippen LogP contribution is 2.32. The Morgan fingerprint density at radius 1 is 1.04 bits per heavy atom. The Morgan fingerprint density at radius 2 is 1.58 bits per heavy atom. The van der Waals surface area contributed by atoms with Gasteiger partial charge >= 0.3 is 5.69 Å². The molecule has 0 saturated heterocycles. The van der Waals surface area contributed by atoms with Crippen molar-refractivity contribution in [1.29, 1.82) is 0 Å². The number of aliphatic hydroxyl groups excluding tert-OH is 1. The minimum atomic E-state index is -0.586. The Morgan fingerprint density at radius 3 is 2.12 bits per heavy atom. The molecular weight excluding hydrogens is 332 g/mol. The third kappa shape index (κ3) is 2.73. The van der Waals surface area contributed by atoms with Gasteiger partial charge in [0.2, 0.25) is 0 Å². The van der Waals surface area contributed by atoms with Crippen molar-refractivity contribution in [2.24, 2.45) is 0 Å². The Kier molecular flexibility index (Phi) is 4.50. The average Bonchev–Trinajstić information content (AvgIpc) is 3.30. The second-order valence-corrected chi connectivity index (χ2v) is 8.00. The number of aromatic nitrogens is 4. The third-order valence-electron chi connectivity index (χ3n) is 6.03. The van der Waals surface area contributed by atoms with Crippen molar-refractivity contribution in [3.8, 4) is 0 Å². The summed E-state index contributed by atoms with van der Waals surface area (Å²) in [6.45, 7) is 3.85. The summed E-state index contributed by atoms with van der Waals surface area (Å²) in [7, 11) is 0. The van der Waals surface area contributed by atoms with Crippen LogP contribution >= 0.6 is 0 Å². The number of aryl methyl sites for hydroxylation is 1. The summed E-state index contributed by atoms with van der Waals surface area (Å²) in [6.07, 6.45) is 7.43. The van der Waals surface area contributed by atoms with Crippen LogP contribution in [0.1, 0.15) is 76.2 Å². The summed E-state index contributed by atoms with van der Waals surface area (Å²) in [6, 6.07) is 0.106. The van der Waals surface area contributed by atoms with Gasteiger partial charge in [0, 0.05) is 12.1 Å². The van der Waals surface area contributed by atoms with Crippen molar-refractivity contribution in [2.75, 3.05) is 0 Å². The highest BCUT2D eigenvalue weighted by Gasteiger charge is 2.30. The van der Waals surface area contributed by atoms with Crippen molar-refractivity contribution in [2.45, 2.75) is 89.9 Å². The lowest BCUT2D eigenvalue weighted by atomic mass is 10.2. The first kappa shape index (κ1) is 17.5. The van der Waals surface area contributed by atoms with Gasteiger partial charge in [0.25, 0.3) is 5.56 Å². The van der Waals surface area contributed by atoms with Crippen LogP contribution in [-0.4, -0.2) is 29.9 Å². The smallest absolute Gasteiger partial charge is 0.333 e. The van der Waals surface area contributed by atoms with Gasteiger partial charge < -0.3 is 9.67 Å². The average molecular weight is 360 g/mol. The van der Waals surface area contributed by atoms with Crippen molar-refractivity contribution in [3.63, 3.8) is 0 Å². The molecule has 2 fully saturated rings. The molecule has 2 heterocycles. The summed E-state index contributed by atoms with van der Waals surface area (Å²) in [5.41, 5.74) is 0.538. The van der Waals surface area contributed by atoms with E-state index in [0.29, 0.717) is 23.5 Å². The zero-order valence-corrected chi connectivity index (χ0v) is 15.6. The normalized spacial score (nSPS) is 20.4. The van der Waals surface area contributed by atoms with Crippen molar-refractivity contribution < 1.29 is 5.11 Å². The van der Waals surface area contributed by atoms with Gasteiger partial charge in [0.15, 0.2) is 11.2 Å². The Bertz CT molecular complexity index is 925. The first-order chi connectivity index (χ1) is 12.5. The molecule has 26 heavy (non-hydrogen) atoms. The van der Waals surface area contributed by atoms with Crippen LogP contribution in [0.25, 0.3) is 11.2 Å². The second-order valence-electron chi connectivity index (χ2n) is 8.00. The molecule has 0 aromatic carbocycles. The zero-order chi connectivity index (χ0) is 18.4. The molecule has 0 radical (unpaired) electrons. The molecule has 0 aliphatic heterocycles. The van der Waals surface area contributed by atoms with Crippen LogP contribution in [0.5, 0.6) is 0 Å². The fraction of sp³-hybridized carbons (Fsp3) is 0.737.